The highest BCUT2D eigenvalue weighted by Gasteiger charge is 2.15. The highest BCUT2D eigenvalue weighted by Crippen LogP contribution is 2.34. The summed E-state index contributed by atoms with van der Waals surface area (Å²) in [5.74, 6) is 4.19. The van der Waals surface area contributed by atoms with E-state index in [1.54, 1.807) is 24.4 Å². The van der Waals surface area contributed by atoms with Crippen LogP contribution in [0.25, 0.3) is 33.1 Å². The number of carboxylic acid groups (broad SMARTS) is 1. The highest BCUT2D eigenvalue weighted by atomic mass is 16.6. The Morgan fingerprint density at radius 1 is 1.25 bits per heavy atom. The van der Waals surface area contributed by atoms with Gasteiger partial charge in [-0.25, -0.2) is 15.7 Å². The first-order valence-electron chi connectivity index (χ1n) is 7.17. The second kappa shape index (κ2) is 5.44. The summed E-state index contributed by atoms with van der Waals surface area (Å²) in [6, 6.07) is 6.83. The van der Waals surface area contributed by atoms with Crippen molar-refractivity contribution in [2.45, 2.75) is 6.61 Å². The third kappa shape index (κ3) is 2.21. The Labute approximate surface area is 135 Å². The zero-order chi connectivity index (χ0) is 16.7. The molecule has 0 spiro atoms. The summed E-state index contributed by atoms with van der Waals surface area (Å²) in [6.45, 7) is 0.157. The van der Waals surface area contributed by atoms with Gasteiger partial charge in [0.05, 0.1) is 17.5 Å². The molecule has 8 heteroatoms. The molecule has 0 saturated heterocycles. The summed E-state index contributed by atoms with van der Waals surface area (Å²) in [5, 5.41) is 17.7. The number of aromatic carboxylic acids is 1. The van der Waals surface area contributed by atoms with Gasteiger partial charge in [-0.05, 0) is 29.8 Å². The van der Waals surface area contributed by atoms with Crippen molar-refractivity contribution in [3.8, 4) is 11.1 Å². The minimum Gasteiger partial charge on any atom is -0.478 e. The number of hydrogen-bond acceptors (Lipinski definition) is 5. The van der Waals surface area contributed by atoms with E-state index in [1.807, 2.05) is 12.3 Å². The van der Waals surface area contributed by atoms with E-state index >= 15 is 0 Å². The van der Waals surface area contributed by atoms with E-state index in [4.69, 9.17) is 5.90 Å². The van der Waals surface area contributed by atoms with E-state index < -0.39 is 5.97 Å². The molecule has 0 amide bonds. The molecular formula is C16H13N5O3. The molecule has 0 fully saturated rings. The van der Waals surface area contributed by atoms with Gasteiger partial charge in [-0.2, -0.15) is 5.10 Å². The molecule has 0 aliphatic carbocycles. The van der Waals surface area contributed by atoms with Crippen LogP contribution < -0.4 is 5.90 Å². The van der Waals surface area contributed by atoms with Crippen LogP contribution in [0.3, 0.4) is 0 Å². The van der Waals surface area contributed by atoms with Crippen LogP contribution in [0.5, 0.6) is 0 Å². The molecule has 4 rings (SSSR count). The maximum atomic E-state index is 11.3. The number of nitrogens with zero attached hydrogens (tertiary/aromatic N) is 2. The average Bonchev–Trinajstić information content (AvgIpc) is 3.20. The minimum atomic E-state index is -0.968. The Balaban J connectivity index is 2.00. The number of nitrogens with two attached hydrogens (primary N) is 1. The van der Waals surface area contributed by atoms with Crippen molar-refractivity contribution in [2.75, 3.05) is 0 Å². The third-order valence-corrected chi connectivity index (χ3v) is 3.93. The van der Waals surface area contributed by atoms with E-state index in [-0.39, 0.29) is 12.2 Å². The van der Waals surface area contributed by atoms with Crippen LogP contribution in [0.15, 0.2) is 36.7 Å². The summed E-state index contributed by atoms with van der Waals surface area (Å²) >= 11 is 0. The molecule has 3 aromatic heterocycles. The third-order valence-electron chi connectivity index (χ3n) is 3.93. The summed E-state index contributed by atoms with van der Waals surface area (Å²) in [5.41, 5.74) is 4.07. The fourth-order valence-corrected chi connectivity index (χ4v) is 2.84. The van der Waals surface area contributed by atoms with Crippen LogP contribution in [0, 0.1) is 0 Å². The van der Waals surface area contributed by atoms with Crippen LogP contribution in [0.1, 0.15) is 16.1 Å². The topological polar surface area (TPSA) is 130 Å². The predicted octanol–water partition coefficient (Wildman–Crippen LogP) is 2.19. The fourth-order valence-electron chi connectivity index (χ4n) is 2.84. The molecule has 5 N–H and O–H groups in total. The van der Waals surface area contributed by atoms with Gasteiger partial charge in [-0.3, -0.25) is 9.94 Å². The van der Waals surface area contributed by atoms with E-state index in [9.17, 15) is 9.90 Å². The smallest absolute Gasteiger partial charge is 0.335 e. The lowest BCUT2D eigenvalue weighted by Crippen LogP contribution is -2.01. The molecule has 3 heterocycles. The highest BCUT2D eigenvalue weighted by molar-refractivity contribution is 6.05. The van der Waals surface area contributed by atoms with Crippen LogP contribution >= 0.6 is 0 Å². The van der Waals surface area contributed by atoms with Crippen molar-refractivity contribution in [3.05, 3.63) is 47.9 Å². The maximum absolute atomic E-state index is 11.3. The molecule has 0 unspecified atom stereocenters. The van der Waals surface area contributed by atoms with E-state index in [0.29, 0.717) is 11.3 Å². The Bertz CT molecular complexity index is 1070. The number of fused-ring (bicyclic) bond motifs is 2. The molecule has 0 bridgehead atoms. The minimum absolute atomic E-state index is 0.157. The summed E-state index contributed by atoms with van der Waals surface area (Å²) in [4.78, 5) is 23.5. The quantitative estimate of drug-likeness (QED) is 0.426. The van der Waals surface area contributed by atoms with Gasteiger partial charge in [0.25, 0.3) is 0 Å². The van der Waals surface area contributed by atoms with Crippen molar-refractivity contribution < 1.29 is 14.7 Å². The Hall–Kier alpha value is -3.23. The molecule has 0 atom stereocenters. The number of nitrogens with one attached hydrogen (secondary N) is 2. The molecule has 0 aliphatic rings. The number of pyridine rings is 1. The number of carbonyl (C=O) groups is 1. The zero-order valence-electron chi connectivity index (χ0n) is 12.4. The molecule has 0 aliphatic heterocycles. The number of carboxylic acids is 1. The Morgan fingerprint density at radius 3 is 2.92 bits per heavy atom. The van der Waals surface area contributed by atoms with Crippen molar-refractivity contribution in [1.29, 1.82) is 0 Å². The van der Waals surface area contributed by atoms with Crippen LogP contribution in [-0.4, -0.2) is 31.2 Å². The molecular weight excluding hydrogens is 310 g/mol. The molecule has 4 aromatic rings. The summed E-state index contributed by atoms with van der Waals surface area (Å²) in [7, 11) is 0. The lowest BCUT2D eigenvalue weighted by atomic mass is 10.0. The standard InChI is InChI=1S/C16H13N5O3/c17-24-7-9-4-10(13-6-19-21-15(13)20-9)12-5-18-14-2-1-8(16(22)23)3-11(12)14/h1-6,18H,7,17H2,(H,22,23)(H,19,20,21). The van der Waals surface area contributed by atoms with Gasteiger partial charge < -0.3 is 10.1 Å². The molecule has 120 valence electrons. The first kappa shape index (κ1) is 14.4. The Morgan fingerprint density at radius 2 is 2.12 bits per heavy atom. The summed E-state index contributed by atoms with van der Waals surface area (Å²) in [6.07, 6.45) is 3.52. The first-order valence-corrected chi connectivity index (χ1v) is 7.17. The number of hydrogen-bond donors (Lipinski definition) is 4. The molecule has 8 nitrogen and oxygen atoms in total. The normalized spacial score (nSPS) is 11.4. The van der Waals surface area contributed by atoms with Crippen molar-refractivity contribution >= 4 is 27.9 Å². The lowest BCUT2D eigenvalue weighted by Gasteiger charge is -2.06. The van der Waals surface area contributed by atoms with Gasteiger partial charge in [-0.15, -0.1) is 0 Å². The number of rotatable bonds is 4. The van der Waals surface area contributed by atoms with Gasteiger partial charge >= 0.3 is 5.97 Å². The molecule has 0 saturated carbocycles. The number of H-pyrrole nitrogens is 2. The van der Waals surface area contributed by atoms with Gasteiger partial charge in [-0.1, -0.05) is 0 Å². The molecule has 1 aromatic carbocycles. The molecule has 24 heavy (non-hydrogen) atoms. The van der Waals surface area contributed by atoms with E-state index in [0.717, 1.165) is 27.4 Å². The van der Waals surface area contributed by atoms with Crippen LogP contribution in [0.4, 0.5) is 0 Å². The average molecular weight is 323 g/mol. The summed E-state index contributed by atoms with van der Waals surface area (Å²) < 4.78 is 0. The van der Waals surface area contributed by atoms with Gasteiger partial charge in [0, 0.05) is 28.0 Å². The Kier molecular flexibility index (Phi) is 3.26. The van der Waals surface area contributed by atoms with Crippen molar-refractivity contribution in [3.63, 3.8) is 0 Å². The number of benzene rings is 1. The van der Waals surface area contributed by atoms with Crippen molar-refractivity contribution in [2.24, 2.45) is 5.90 Å². The first-order chi connectivity index (χ1) is 11.7. The van der Waals surface area contributed by atoms with Crippen LogP contribution in [0.2, 0.25) is 0 Å². The predicted molar refractivity (Wildman–Crippen MR) is 87.1 cm³/mol. The van der Waals surface area contributed by atoms with E-state index in [2.05, 4.69) is 25.0 Å². The van der Waals surface area contributed by atoms with Gasteiger partial charge in [0.1, 0.15) is 6.61 Å². The fraction of sp³-hybridized carbons (Fsp3) is 0.0625. The van der Waals surface area contributed by atoms with E-state index in [1.165, 1.54) is 0 Å². The lowest BCUT2D eigenvalue weighted by molar-refractivity contribution is 0.0697. The molecule has 0 radical (unpaired) electrons. The second-order valence-corrected chi connectivity index (χ2v) is 5.37. The SMILES string of the molecule is NOCc1cc(-c2c[nH]c3ccc(C(=O)O)cc23)c2cn[nH]c2n1. The number of aromatic nitrogens is 4. The largest absolute Gasteiger partial charge is 0.478 e. The maximum Gasteiger partial charge on any atom is 0.335 e. The zero-order valence-corrected chi connectivity index (χ0v) is 12.4. The van der Waals surface area contributed by atoms with Crippen molar-refractivity contribution in [1.82, 2.24) is 20.2 Å². The van der Waals surface area contributed by atoms with Gasteiger partial charge in [0.2, 0.25) is 0 Å². The van der Waals surface area contributed by atoms with Gasteiger partial charge in [0.15, 0.2) is 5.65 Å². The monoisotopic (exact) mass is 323 g/mol. The van der Waals surface area contributed by atoms with Crippen LogP contribution in [-0.2, 0) is 11.4 Å². The number of aromatic amines is 2. The second-order valence-electron chi connectivity index (χ2n) is 5.37.